The molecule has 1 heterocycles. The monoisotopic (exact) mass is 707 g/mol. The summed E-state index contributed by atoms with van der Waals surface area (Å²) in [6.45, 7) is 7.26. The Bertz CT molecular complexity index is 1490. The van der Waals surface area contributed by atoms with E-state index in [0.29, 0.717) is 36.2 Å². The molecule has 1 aliphatic heterocycles. The van der Waals surface area contributed by atoms with E-state index in [9.17, 15) is 14.6 Å². The molecule has 0 spiro atoms. The molecule has 9 heteroatoms. The highest BCUT2D eigenvalue weighted by atomic mass is 32.2. The van der Waals surface area contributed by atoms with Crippen LogP contribution in [0.5, 0.6) is 11.5 Å². The first kappa shape index (κ1) is 36.9. The fourth-order valence-electron chi connectivity index (χ4n) is 8.71. The van der Waals surface area contributed by atoms with Crippen molar-refractivity contribution in [3.8, 4) is 11.5 Å². The lowest BCUT2D eigenvalue weighted by molar-refractivity contribution is -0.223. The Labute approximate surface area is 301 Å². The van der Waals surface area contributed by atoms with Crippen LogP contribution < -0.4 is 9.47 Å². The molecule has 3 aliphatic carbocycles. The van der Waals surface area contributed by atoms with E-state index in [1.807, 2.05) is 43.0 Å². The summed E-state index contributed by atoms with van der Waals surface area (Å²) in [5, 5.41) is 24.8. The Balaban J connectivity index is 1.50. The molecule has 2 saturated carbocycles. The van der Waals surface area contributed by atoms with Crippen molar-refractivity contribution < 1.29 is 33.7 Å². The fraction of sp³-hybridized carbons (Fsp3) is 0.585. The van der Waals surface area contributed by atoms with Crippen molar-refractivity contribution in [2.45, 2.75) is 106 Å². The molecule has 2 aromatic carbocycles. The largest absolute Gasteiger partial charge is 0.489 e. The summed E-state index contributed by atoms with van der Waals surface area (Å²) in [6, 6.07) is 12.7. The van der Waals surface area contributed by atoms with E-state index in [0.717, 1.165) is 61.1 Å². The molecule has 0 bridgehead atoms. The van der Waals surface area contributed by atoms with Crippen molar-refractivity contribution in [3.05, 3.63) is 83.7 Å². The van der Waals surface area contributed by atoms with Gasteiger partial charge in [0.25, 0.3) is 0 Å². The molecule has 0 radical (unpaired) electrons. The summed E-state index contributed by atoms with van der Waals surface area (Å²) in [5.41, 5.74) is 3.66. The number of aliphatic hydroxyl groups is 2. The molecule has 2 aromatic rings. The van der Waals surface area contributed by atoms with E-state index in [1.54, 1.807) is 12.1 Å². The Morgan fingerprint density at radius 2 is 1.84 bits per heavy atom. The van der Waals surface area contributed by atoms with Gasteiger partial charge in [-0.05, 0) is 87.1 Å². The van der Waals surface area contributed by atoms with Gasteiger partial charge >= 0.3 is 0 Å². The molecular formula is C41H54FNO6S. The third-order valence-electron chi connectivity index (χ3n) is 10.9. The first-order valence-electron chi connectivity index (χ1n) is 18.7. The zero-order valence-corrected chi connectivity index (χ0v) is 30.3. The van der Waals surface area contributed by atoms with Crippen LogP contribution in [-0.2, 0) is 16.2 Å². The maximum Gasteiger partial charge on any atom is 0.230 e. The first-order valence-corrected chi connectivity index (χ1v) is 19.7. The number of allylic oxidation sites excluding steroid dienone is 1. The number of unbranched alkanes of at least 4 members (excludes halogenated alkanes) is 2. The average molecular weight is 708 g/mol. The molecular weight excluding hydrogens is 654 g/mol. The van der Waals surface area contributed by atoms with Gasteiger partial charge in [-0.25, -0.2) is 4.39 Å². The number of oxime groups is 1. The number of hydrogen-bond donors (Lipinski definition) is 2. The molecule has 4 aliphatic rings. The van der Waals surface area contributed by atoms with Gasteiger partial charge < -0.3 is 29.3 Å². The molecule has 50 heavy (non-hydrogen) atoms. The van der Waals surface area contributed by atoms with Crippen LogP contribution in [0.25, 0.3) is 0 Å². The highest BCUT2D eigenvalue weighted by molar-refractivity contribution is 8.00. The molecule has 6 atom stereocenters. The summed E-state index contributed by atoms with van der Waals surface area (Å²) < 4.78 is 35.1. The maximum absolute atomic E-state index is 14.6. The van der Waals surface area contributed by atoms with Crippen LogP contribution in [0.15, 0.2) is 71.9 Å². The number of aliphatic hydroxyl groups excluding tert-OH is 2. The van der Waals surface area contributed by atoms with Crippen molar-refractivity contribution in [2.24, 2.45) is 22.9 Å². The fourth-order valence-corrected chi connectivity index (χ4v) is 10.5. The lowest BCUT2D eigenvalue weighted by Crippen LogP contribution is -2.64. The number of thioether (sulfide) groups is 1. The number of fused-ring (bicyclic) bond motifs is 2. The Kier molecular flexibility index (Phi) is 13.0. The number of hydrogen-bond acceptors (Lipinski definition) is 8. The summed E-state index contributed by atoms with van der Waals surface area (Å²) in [4.78, 5) is 5.82. The van der Waals surface area contributed by atoms with Crippen LogP contribution in [0.3, 0.4) is 0 Å². The number of ether oxygens (including phenoxy) is 3. The minimum Gasteiger partial charge on any atom is -0.489 e. The lowest BCUT2D eigenvalue weighted by Gasteiger charge is -2.58. The zero-order valence-electron chi connectivity index (χ0n) is 29.4. The molecule has 0 saturated heterocycles. The molecule has 2 N–H and O–H groups in total. The predicted octanol–water partition coefficient (Wildman–Crippen LogP) is 8.73. The van der Waals surface area contributed by atoms with Gasteiger partial charge in [-0.3, -0.25) is 0 Å². The van der Waals surface area contributed by atoms with E-state index in [-0.39, 0.29) is 54.6 Å². The molecule has 6 rings (SSSR count). The quantitative estimate of drug-likeness (QED) is 0.0910. The molecule has 7 nitrogen and oxygen atoms in total. The van der Waals surface area contributed by atoms with Gasteiger partial charge in [-0.15, -0.1) is 18.3 Å². The van der Waals surface area contributed by atoms with Crippen LogP contribution in [-0.4, -0.2) is 58.6 Å². The van der Waals surface area contributed by atoms with Gasteiger partial charge in [0.15, 0.2) is 0 Å². The Morgan fingerprint density at radius 3 is 2.58 bits per heavy atom. The summed E-state index contributed by atoms with van der Waals surface area (Å²) in [5.74, 6) is 0.461. The van der Waals surface area contributed by atoms with Crippen molar-refractivity contribution in [1.29, 1.82) is 0 Å². The highest BCUT2D eigenvalue weighted by Crippen LogP contribution is 2.63. The third-order valence-corrected chi connectivity index (χ3v) is 12.6. The third kappa shape index (κ3) is 7.96. The van der Waals surface area contributed by atoms with E-state index in [1.165, 1.54) is 31.7 Å². The van der Waals surface area contributed by atoms with Gasteiger partial charge in [0.05, 0.1) is 23.5 Å². The summed E-state index contributed by atoms with van der Waals surface area (Å²) in [7, 11) is 0. The Morgan fingerprint density at radius 1 is 1.06 bits per heavy atom. The summed E-state index contributed by atoms with van der Waals surface area (Å²) in [6.07, 6.45) is 14.9. The van der Waals surface area contributed by atoms with Crippen LogP contribution in [0, 0.1) is 23.6 Å². The number of rotatable bonds is 18. The molecule has 6 unspecified atom stereocenters. The van der Waals surface area contributed by atoms with Gasteiger partial charge in [0.1, 0.15) is 30.5 Å². The van der Waals surface area contributed by atoms with E-state index >= 15 is 0 Å². The minimum atomic E-state index is -0.961. The topological polar surface area (TPSA) is 89.7 Å². The van der Waals surface area contributed by atoms with Crippen molar-refractivity contribution >= 4 is 17.5 Å². The smallest absolute Gasteiger partial charge is 0.230 e. The lowest BCUT2D eigenvalue weighted by atomic mass is 9.56. The average Bonchev–Trinajstić information content (AvgIpc) is 3.65. The van der Waals surface area contributed by atoms with Crippen molar-refractivity contribution in [1.82, 2.24) is 0 Å². The van der Waals surface area contributed by atoms with Crippen LogP contribution in [0.1, 0.15) is 94.6 Å². The van der Waals surface area contributed by atoms with Crippen molar-refractivity contribution in [2.75, 3.05) is 26.4 Å². The van der Waals surface area contributed by atoms with E-state index in [2.05, 4.69) is 18.7 Å². The van der Waals surface area contributed by atoms with Crippen LogP contribution in [0.4, 0.5) is 4.39 Å². The summed E-state index contributed by atoms with van der Waals surface area (Å²) >= 11 is 2.00. The maximum atomic E-state index is 14.6. The van der Waals surface area contributed by atoms with Crippen LogP contribution >= 0.6 is 11.8 Å². The molecule has 0 amide bonds. The normalized spacial score (nSPS) is 28.0. The van der Waals surface area contributed by atoms with E-state index < -0.39 is 5.79 Å². The number of halogens is 1. The zero-order chi connectivity index (χ0) is 34.9. The second kappa shape index (κ2) is 17.6. The van der Waals surface area contributed by atoms with Crippen molar-refractivity contribution in [3.63, 3.8) is 0 Å². The van der Waals surface area contributed by atoms with Crippen LogP contribution in [0.2, 0.25) is 0 Å². The number of benzene rings is 2. The second-order valence-corrected chi connectivity index (χ2v) is 15.6. The predicted molar refractivity (Wildman–Crippen MR) is 197 cm³/mol. The number of nitrogens with zero attached hydrogens (tertiary/aromatic N) is 1. The highest BCUT2D eigenvalue weighted by Gasteiger charge is 2.64. The minimum absolute atomic E-state index is 0.00259. The van der Waals surface area contributed by atoms with Gasteiger partial charge in [-0.1, -0.05) is 61.2 Å². The molecule has 0 aromatic heterocycles. The van der Waals surface area contributed by atoms with E-state index in [4.69, 9.17) is 24.2 Å². The van der Waals surface area contributed by atoms with Gasteiger partial charge in [-0.2, -0.15) is 0 Å². The molecule has 272 valence electrons. The first-order chi connectivity index (χ1) is 24.5. The Hall–Kier alpha value is -2.85. The second-order valence-electron chi connectivity index (χ2n) is 14.1. The SMILES string of the molecule is C=CCOC12Oc3ccc(OCc4ccccc4F)cc3C3C(CCCCO)C(CCCCO)C=C(C(=NOCC)CC1SC1CCCC1)C32. The molecule has 2 fully saturated rings. The standard InChI is InChI=1S/C41H54FNO6S/c1-3-23-47-41-38(50-31-15-6-7-16-31)26-36(43-48-4-2)33-24-28(13-9-11-21-44)32(17-10-12-22-45)39(40(33)41)34-25-30(19-20-37(34)49-41)46-27-29-14-5-8-18-35(29)42/h3,5,8,14,18-20,24-25,28,31-32,38-40,44-45H,1,4,6-7,9-13,15-17,21-23,26-27H2,2H3. The van der Waals surface area contributed by atoms with Gasteiger partial charge in [0.2, 0.25) is 5.79 Å². The van der Waals surface area contributed by atoms with Gasteiger partial charge in [0, 0.05) is 41.9 Å².